The maximum absolute atomic E-state index is 13.0. The molecule has 1 rings (SSSR count). The predicted octanol–water partition coefficient (Wildman–Crippen LogP) is 1.78. The summed E-state index contributed by atoms with van der Waals surface area (Å²) in [5, 5.41) is 2.57. The summed E-state index contributed by atoms with van der Waals surface area (Å²) < 4.78 is 38.2. The highest BCUT2D eigenvalue weighted by atomic mass is 32.2. The first kappa shape index (κ1) is 28.8. The smallest absolute Gasteiger partial charge is 0.267 e. The van der Waals surface area contributed by atoms with E-state index in [1.54, 1.807) is 18.7 Å². The molecule has 9 nitrogen and oxygen atoms in total. The van der Waals surface area contributed by atoms with Crippen LogP contribution < -0.4 is 5.32 Å². The molecular weight excluding hydrogens is 434 g/mol. The first-order chi connectivity index (χ1) is 14.5. The van der Waals surface area contributed by atoms with Crippen LogP contribution in [0.5, 0.6) is 0 Å². The second kappa shape index (κ2) is 11.8. The van der Waals surface area contributed by atoms with Crippen LogP contribution in [0.15, 0.2) is 0 Å². The van der Waals surface area contributed by atoms with Gasteiger partial charge in [-0.2, -0.15) is 8.42 Å². The maximum atomic E-state index is 13.0. The highest BCUT2D eigenvalue weighted by Gasteiger charge is 2.36. The first-order valence-electron chi connectivity index (χ1n) is 11.4. The summed E-state index contributed by atoms with van der Waals surface area (Å²) in [6.07, 6.45) is 1.47. The van der Waals surface area contributed by atoms with E-state index in [1.807, 2.05) is 20.8 Å². The van der Waals surface area contributed by atoms with Crippen molar-refractivity contribution in [2.45, 2.75) is 73.0 Å². The molecule has 1 unspecified atom stereocenters. The zero-order valence-electron chi connectivity index (χ0n) is 20.8. The number of hydrogen-bond acceptors (Lipinski definition) is 6. The van der Waals surface area contributed by atoms with E-state index in [2.05, 4.69) is 24.1 Å². The van der Waals surface area contributed by atoms with E-state index in [-0.39, 0.29) is 5.60 Å². The van der Waals surface area contributed by atoms with Crippen molar-refractivity contribution in [1.82, 2.24) is 15.1 Å². The number of ether oxygens (including phenoxy) is 1. The monoisotopic (exact) mass is 477 g/mol. The van der Waals surface area contributed by atoms with Crippen LogP contribution in [0.1, 0.15) is 61.3 Å². The van der Waals surface area contributed by atoms with Gasteiger partial charge in [0.25, 0.3) is 10.1 Å². The third-order valence-corrected chi connectivity index (χ3v) is 6.32. The number of rotatable bonds is 11. The quantitative estimate of drug-likeness (QED) is 0.436. The third-order valence-electron chi connectivity index (χ3n) is 5.56. The summed E-state index contributed by atoms with van der Waals surface area (Å²) in [6.45, 7) is 17.1. The molecule has 0 aromatic heterocycles. The Morgan fingerprint density at radius 3 is 2.09 bits per heavy atom. The summed E-state index contributed by atoms with van der Waals surface area (Å²) >= 11 is 0. The lowest BCUT2D eigenvalue weighted by Gasteiger charge is -2.37. The Labute approximate surface area is 194 Å². The lowest BCUT2D eigenvalue weighted by molar-refractivity contribution is -0.140. The van der Waals surface area contributed by atoms with Crippen LogP contribution >= 0.6 is 0 Å². The molecule has 0 aromatic carbocycles. The number of carbonyl (C=O) groups is 2. The van der Waals surface area contributed by atoms with Crippen molar-refractivity contribution in [3.63, 3.8) is 0 Å². The Kier molecular flexibility index (Phi) is 10.6. The van der Waals surface area contributed by atoms with E-state index in [0.29, 0.717) is 45.1 Å². The van der Waals surface area contributed by atoms with E-state index in [9.17, 15) is 22.6 Å². The SMILES string of the molecule is CC(C)CCN1CCN(C(=O)C(CS(=O)(=O)O)NC(=O)C(C)(C)CCOC(C)(C)C)CC1. The van der Waals surface area contributed by atoms with Gasteiger partial charge in [-0.05, 0) is 46.1 Å². The van der Waals surface area contributed by atoms with E-state index in [1.165, 1.54) is 0 Å². The summed E-state index contributed by atoms with van der Waals surface area (Å²) in [4.78, 5) is 29.8. The number of nitrogens with zero attached hydrogens (tertiary/aromatic N) is 2. The van der Waals surface area contributed by atoms with Crippen molar-refractivity contribution in [2.24, 2.45) is 11.3 Å². The molecule has 0 bridgehead atoms. The van der Waals surface area contributed by atoms with Gasteiger partial charge in [0.05, 0.1) is 5.60 Å². The van der Waals surface area contributed by atoms with E-state index in [0.717, 1.165) is 13.0 Å². The van der Waals surface area contributed by atoms with Crippen molar-refractivity contribution in [2.75, 3.05) is 45.1 Å². The molecule has 2 amide bonds. The Morgan fingerprint density at radius 2 is 1.62 bits per heavy atom. The second-order valence-electron chi connectivity index (χ2n) is 10.7. The van der Waals surface area contributed by atoms with Crippen LogP contribution in [0.2, 0.25) is 0 Å². The fourth-order valence-corrected chi connectivity index (χ4v) is 3.96. The minimum Gasteiger partial charge on any atom is -0.376 e. The summed E-state index contributed by atoms with van der Waals surface area (Å²) in [7, 11) is -4.46. The van der Waals surface area contributed by atoms with Gasteiger partial charge in [-0.25, -0.2) is 0 Å². The van der Waals surface area contributed by atoms with Gasteiger partial charge in [0.1, 0.15) is 11.8 Å². The predicted molar refractivity (Wildman–Crippen MR) is 125 cm³/mol. The van der Waals surface area contributed by atoms with Crippen LogP contribution in [0.25, 0.3) is 0 Å². The molecule has 32 heavy (non-hydrogen) atoms. The number of nitrogens with one attached hydrogen (secondary N) is 1. The normalized spacial score (nSPS) is 17.5. The lowest BCUT2D eigenvalue weighted by atomic mass is 9.88. The van der Waals surface area contributed by atoms with Crippen LogP contribution in [0.3, 0.4) is 0 Å². The van der Waals surface area contributed by atoms with Gasteiger partial charge >= 0.3 is 0 Å². The molecule has 2 N–H and O–H groups in total. The molecule has 0 radical (unpaired) electrons. The van der Waals surface area contributed by atoms with Gasteiger partial charge in [0, 0.05) is 38.2 Å². The molecule has 0 spiro atoms. The fraction of sp³-hybridized carbons (Fsp3) is 0.909. The van der Waals surface area contributed by atoms with Gasteiger partial charge in [-0.1, -0.05) is 27.7 Å². The topological polar surface area (TPSA) is 116 Å². The van der Waals surface area contributed by atoms with Gasteiger partial charge in [0.2, 0.25) is 11.8 Å². The second-order valence-corrected chi connectivity index (χ2v) is 12.2. The average Bonchev–Trinajstić information content (AvgIpc) is 2.63. The zero-order valence-corrected chi connectivity index (χ0v) is 21.6. The summed E-state index contributed by atoms with van der Waals surface area (Å²) in [6, 6.07) is -1.33. The third kappa shape index (κ3) is 11.1. The molecule has 188 valence electrons. The van der Waals surface area contributed by atoms with Crippen molar-refractivity contribution in [1.29, 1.82) is 0 Å². The molecule has 1 heterocycles. The Hall–Kier alpha value is -1.23. The number of piperazine rings is 1. The molecule has 0 aromatic rings. The van der Waals surface area contributed by atoms with Crippen LogP contribution in [-0.2, 0) is 24.4 Å². The van der Waals surface area contributed by atoms with Crippen molar-refractivity contribution in [3.05, 3.63) is 0 Å². The van der Waals surface area contributed by atoms with Crippen LogP contribution in [0.4, 0.5) is 0 Å². The van der Waals surface area contributed by atoms with Gasteiger partial charge in [0.15, 0.2) is 0 Å². The first-order valence-corrected chi connectivity index (χ1v) is 13.0. The molecule has 1 saturated heterocycles. The highest BCUT2D eigenvalue weighted by molar-refractivity contribution is 7.85. The molecule has 1 fully saturated rings. The minimum atomic E-state index is -4.46. The summed E-state index contributed by atoms with van der Waals surface area (Å²) in [5.41, 5.74) is -1.22. The molecule has 0 saturated carbocycles. The Morgan fingerprint density at radius 1 is 1.06 bits per heavy atom. The van der Waals surface area contributed by atoms with Gasteiger partial charge in [-0.15, -0.1) is 0 Å². The standard InChI is InChI=1S/C22H43N3O6S/c1-17(2)8-10-24-11-13-25(14-12-24)19(26)18(16-32(28,29)30)23-20(27)22(6,7)9-15-31-21(3,4)5/h17-18H,8-16H2,1-7H3,(H,23,27)(H,28,29,30). The van der Waals surface area contributed by atoms with Crippen LogP contribution in [0, 0.1) is 11.3 Å². The molecule has 0 aliphatic carbocycles. The molecule has 1 atom stereocenters. The molecule has 10 heteroatoms. The van der Waals surface area contributed by atoms with Gasteiger partial charge < -0.3 is 15.0 Å². The minimum absolute atomic E-state index is 0.340. The van der Waals surface area contributed by atoms with Crippen molar-refractivity contribution >= 4 is 21.9 Å². The largest absolute Gasteiger partial charge is 0.376 e. The highest BCUT2D eigenvalue weighted by Crippen LogP contribution is 2.22. The Balaban J connectivity index is 2.77. The van der Waals surface area contributed by atoms with Gasteiger partial charge in [-0.3, -0.25) is 19.0 Å². The average molecular weight is 478 g/mol. The Bertz CT molecular complexity index is 722. The molecule has 1 aliphatic heterocycles. The van der Waals surface area contributed by atoms with Crippen molar-refractivity contribution in [3.8, 4) is 0 Å². The van der Waals surface area contributed by atoms with E-state index < -0.39 is 39.1 Å². The number of amides is 2. The fourth-order valence-electron chi connectivity index (χ4n) is 3.32. The number of carbonyl (C=O) groups excluding carboxylic acids is 2. The number of hydrogen-bond donors (Lipinski definition) is 2. The maximum Gasteiger partial charge on any atom is 0.267 e. The summed E-state index contributed by atoms with van der Waals surface area (Å²) in [5.74, 6) is -1.19. The van der Waals surface area contributed by atoms with E-state index in [4.69, 9.17) is 4.74 Å². The van der Waals surface area contributed by atoms with E-state index >= 15 is 0 Å². The van der Waals surface area contributed by atoms with Crippen LogP contribution in [-0.4, -0.2) is 91.3 Å². The molecule has 1 aliphatic rings. The van der Waals surface area contributed by atoms with Crippen molar-refractivity contribution < 1.29 is 27.3 Å². The molecular formula is C22H43N3O6S. The zero-order chi connectivity index (χ0) is 24.7. The lowest BCUT2D eigenvalue weighted by Crippen LogP contribution is -2.58.